The standard InChI is InChI=1S/C31H36F2N8O6S/c1-38-8-10-39(11-9-38)26-15-21(28(34)42)22(16-27(26)41-6-3-2-4-25(41)31(44)45)30(43)35-29-23-17-40(7-5-24(23)36-37-29)48(46,47)20-13-18(32)12-19(33)14-20/h12-16,25H,2-11,17H2,1H3,(H2,34,42)(H,44,45)(H2,35,36,37,43). The number of aromatic amines is 1. The Hall–Kier alpha value is -4.61. The average Bonchev–Trinajstić information content (AvgIpc) is 3.45. The van der Waals surface area contributed by atoms with Crippen molar-refractivity contribution >= 4 is 45.0 Å². The molecule has 0 radical (unpaired) electrons. The van der Waals surface area contributed by atoms with Crippen molar-refractivity contribution in [1.82, 2.24) is 19.4 Å². The van der Waals surface area contributed by atoms with E-state index in [0.29, 0.717) is 54.8 Å². The van der Waals surface area contributed by atoms with E-state index in [1.807, 2.05) is 7.05 Å². The molecule has 0 saturated carbocycles. The van der Waals surface area contributed by atoms with Gasteiger partial charge in [0.25, 0.3) is 5.91 Å². The Labute approximate surface area is 275 Å². The van der Waals surface area contributed by atoms with Crippen LogP contribution in [0.25, 0.3) is 0 Å². The maximum absolute atomic E-state index is 13.9. The molecule has 0 spiro atoms. The topological polar surface area (TPSA) is 185 Å². The molecule has 1 unspecified atom stereocenters. The van der Waals surface area contributed by atoms with Crippen LogP contribution in [0.4, 0.5) is 26.0 Å². The number of piperidine rings is 1. The number of amides is 2. The highest BCUT2D eigenvalue weighted by Crippen LogP contribution is 2.38. The molecule has 2 aromatic carbocycles. The van der Waals surface area contributed by atoms with E-state index >= 15 is 0 Å². The molecular formula is C31H36F2N8O6S. The molecule has 17 heteroatoms. The van der Waals surface area contributed by atoms with Crippen molar-refractivity contribution in [3.05, 3.63) is 64.4 Å². The van der Waals surface area contributed by atoms with Crippen molar-refractivity contribution in [1.29, 1.82) is 0 Å². The number of H-pyrrole nitrogens is 1. The van der Waals surface area contributed by atoms with Gasteiger partial charge in [0.2, 0.25) is 15.9 Å². The summed E-state index contributed by atoms with van der Waals surface area (Å²) in [5, 5.41) is 19.7. The minimum atomic E-state index is -4.32. The number of carbonyl (C=O) groups excluding carboxylic acids is 2. The van der Waals surface area contributed by atoms with Gasteiger partial charge in [-0.05, 0) is 50.6 Å². The summed E-state index contributed by atoms with van der Waals surface area (Å²) < 4.78 is 55.4. The molecule has 6 rings (SSSR count). The Balaban J connectivity index is 1.35. The maximum Gasteiger partial charge on any atom is 0.326 e. The van der Waals surface area contributed by atoms with Crippen LogP contribution in [-0.2, 0) is 27.8 Å². The summed E-state index contributed by atoms with van der Waals surface area (Å²) in [5.41, 5.74) is 7.62. The van der Waals surface area contributed by atoms with Crippen LogP contribution < -0.4 is 20.9 Å². The van der Waals surface area contributed by atoms with Crippen LogP contribution >= 0.6 is 0 Å². The highest BCUT2D eigenvalue weighted by Gasteiger charge is 2.35. The van der Waals surface area contributed by atoms with E-state index in [4.69, 9.17) is 5.73 Å². The zero-order chi connectivity index (χ0) is 34.3. The number of anilines is 3. The number of rotatable bonds is 8. The second-order valence-electron chi connectivity index (χ2n) is 12.3. The number of nitrogens with two attached hydrogens (primary N) is 1. The number of benzene rings is 2. The van der Waals surface area contributed by atoms with Gasteiger partial charge in [-0.1, -0.05) is 0 Å². The molecule has 2 amide bonds. The molecule has 5 N–H and O–H groups in total. The largest absolute Gasteiger partial charge is 0.480 e. The van der Waals surface area contributed by atoms with E-state index < -0.39 is 50.4 Å². The van der Waals surface area contributed by atoms with Gasteiger partial charge in [-0.15, -0.1) is 0 Å². The lowest BCUT2D eigenvalue weighted by molar-refractivity contribution is -0.139. The molecule has 48 heavy (non-hydrogen) atoms. The lowest BCUT2D eigenvalue weighted by Crippen LogP contribution is -2.48. The number of aromatic nitrogens is 2. The Morgan fingerprint density at radius 1 is 0.958 bits per heavy atom. The fourth-order valence-electron chi connectivity index (χ4n) is 6.56. The van der Waals surface area contributed by atoms with E-state index in [1.54, 1.807) is 4.90 Å². The second-order valence-corrected chi connectivity index (χ2v) is 14.2. The van der Waals surface area contributed by atoms with Crippen LogP contribution in [0, 0.1) is 11.6 Å². The lowest BCUT2D eigenvalue weighted by Gasteiger charge is -2.40. The number of fused-ring (bicyclic) bond motifs is 1. The number of hydrogen-bond acceptors (Lipinski definition) is 9. The summed E-state index contributed by atoms with van der Waals surface area (Å²) >= 11 is 0. The van der Waals surface area contributed by atoms with Crippen LogP contribution in [0.5, 0.6) is 0 Å². The fourth-order valence-corrected chi connectivity index (χ4v) is 8.01. The average molecular weight is 687 g/mol. The van der Waals surface area contributed by atoms with Crippen LogP contribution in [0.2, 0.25) is 0 Å². The zero-order valence-electron chi connectivity index (χ0n) is 26.2. The van der Waals surface area contributed by atoms with E-state index in [9.17, 15) is 36.7 Å². The van der Waals surface area contributed by atoms with Gasteiger partial charge in [-0.2, -0.15) is 9.40 Å². The van der Waals surface area contributed by atoms with Crippen LogP contribution in [0.1, 0.15) is 51.2 Å². The summed E-state index contributed by atoms with van der Waals surface area (Å²) in [7, 11) is -2.32. The third kappa shape index (κ3) is 6.44. The first-order chi connectivity index (χ1) is 22.8. The Morgan fingerprint density at radius 3 is 2.31 bits per heavy atom. The van der Waals surface area contributed by atoms with Gasteiger partial charge < -0.3 is 30.9 Å². The SMILES string of the molecule is CN1CCN(c2cc(C(N)=O)c(C(=O)Nc3n[nH]c4c3CN(S(=O)(=O)c3cc(F)cc(F)c3)CC4)cc2N2CCCCC2C(=O)O)CC1. The molecule has 2 fully saturated rings. The van der Waals surface area contributed by atoms with Crippen molar-refractivity contribution in [2.75, 3.05) is 61.4 Å². The first kappa shape index (κ1) is 33.3. The van der Waals surface area contributed by atoms with E-state index in [2.05, 4.69) is 25.3 Å². The second kappa shape index (κ2) is 13.1. The normalized spacial score (nSPS) is 19.2. The smallest absolute Gasteiger partial charge is 0.326 e. The molecule has 1 aromatic heterocycles. The molecule has 256 valence electrons. The minimum Gasteiger partial charge on any atom is -0.480 e. The summed E-state index contributed by atoms with van der Waals surface area (Å²) in [4.78, 5) is 44.5. The molecule has 1 atom stereocenters. The fraction of sp³-hybridized carbons (Fsp3) is 0.419. The van der Waals surface area contributed by atoms with Crippen molar-refractivity contribution in [3.63, 3.8) is 0 Å². The van der Waals surface area contributed by atoms with Crippen LogP contribution in [-0.4, -0.2) is 103 Å². The number of aliphatic carboxylic acids is 1. The van der Waals surface area contributed by atoms with E-state index in [0.717, 1.165) is 42.4 Å². The van der Waals surface area contributed by atoms with Crippen molar-refractivity contribution < 1.29 is 36.7 Å². The Morgan fingerprint density at radius 2 is 1.65 bits per heavy atom. The molecule has 3 aliphatic rings. The number of hydrogen-bond donors (Lipinski definition) is 4. The molecule has 3 aliphatic heterocycles. The summed E-state index contributed by atoms with van der Waals surface area (Å²) in [6, 6.07) is 4.25. The van der Waals surface area contributed by atoms with Gasteiger partial charge in [0.15, 0.2) is 5.82 Å². The molecule has 2 saturated heterocycles. The number of carbonyl (C=O) groups is 3. The monoisotopic (exact) mass is 686 g/mol. The molecule has 4 heterocycles. The third-order valence-corrected chi connectivity index (χ3v) is 11.0. The van der Waals surface area contributed by atoms with Gasteiger partial charge in [0.1, 0.15) is 17.7 Å². The number of nitrogens with one attached hydrogen (secondary N) is 2. The number of likely N-dealkylation sites (N-methyl/N-ethyl adjacent to an activating group) is 1. The molecular weight excluding hydrogens is 650 g/mol. The van der Waals surface area contributed by atoms with Gasteiger partial charge in [0.05, 0.1) is 27.4 Å². The quantitative estimate of drug-likeness (QED) is 0.273. The number of piperazine rings is 1. The van der Waals surface area contributed by atoms with Crippen molar-refractivity contribution in [2.24, 2.45) is 5.73 Å². The van der Waals surface area contributed by atoms with Gasteiger partial charge in [0, 0.05) is 69.6 Å². The van der Waals surface area contributed by atoms with E-state index in [-0.39, 0.29) is 36.5 Å². The van der Waals surface area contributed by atoms with Gasteiger partial charge in [-0.3, -0.25) is 14.7 Å². The molecule has 0 bridgehead atoms. The van der Waals surface area contributed by atoms with Crippen LogP contribution in [0.15, 0.2) is 35.2 Å². The first-order valence-corrected chi connectivity index (χ1v) is 17.0. The molecule has 0 aliphatic carbocycles. The van der Waals surface area contributed by atoms with Gasteiger partial charge in [-0.25, -0.2) is 22.0 Å². The van der Waals surface area contributed by atoms with E-state index in [1.165, 1.54) is 12.1 Å². The number of halogens is 2. The predicted octanol–water partition coefficient (Wildman–Crippen LogP) is 1.98. The number of sulfonamides is 1. The maximum atomic E-state index is 13.9. The number of nitrogens with zero attached hydrogens (tertiary/aromatic N) is 5. The third-order valence-electron chi connectivity index (χ3n) is 9.17. The van der Waals surface area contributed by atoms with Gasteiger partial charge >= 0.3 is 5.97 Å². The zero-order valence-corrected chi connectivity index (χ0v) is 27.0. The lowest BCUT2D eigenvalue weighted by atomic mass is 9.97. The predicted molar refractivity (Wildman–Crippen MR) is 171 cm³/mol. The van der Waals surface area contributed by atoms with Crippen molar-refractivity contribution in [2.45, 2.75) is 43.2 Å². The number of carboxylic acids is 1. The van der Waals surface area contributed by atoms with Crippen LogP contribution in [0.3, 0.4) is 0 Å². The Kier molecular flexibility index (Phi) is 9.10. The summed E-state index contributed by atoms with van der Waals surface area (Å²) in [6.07, 6.45) is 2.07. The summed E-state index contributed by atoms with van der Waals surface area (Å²) in [5.74, 6) is -4.69. The first-order valence-electron chi connectivity index (χ1n) is 15.6. The Bertz CT molecular complexity index is 1860. The highest BCUT2D eigenvalue weighted by atomic mass is 32.2. The number of primary amides is 1. The summed E-state index contributed by atoms with van der Waals surface area (Å²) in [6.45, 7) is 2.86. The minimum absolute atomic E-state index is 0.00169. The molecule has 14 nitrogen and oxygen atoms in total. The highest BCUT2D eigenvalue weighted by molar-refractivity contribution is 7.89. The number of carboxylic acid groups (broad SMARTS) is 1. The van der Waals surface area contributed by atoms with Crippen molar-refractivity contribution in [3.8, 4) is 0 Å². The molecule has 3 aromatic rings.